The van der Waals surface area contributed by atoms with Crippen molar-refractivity contribution in [2.45, 2.75) is 25.4 Å². The first-order valence-electron chi connectivity index (χ1n) is 6.31. The summed E-state index contributed by atoms with van der Waals surface area (Å²) in [5, 5.41) is 20.1. The lowest BCUT2D eigenvalue weighted by molar-refractivity contribution is -0.0958. The summed E-state index contributed by atoms with van der Waals surface area (Å²) in [4.78, 5) is 13.8. The van der Waals surface area contributed by atoms with Gasteiger partial charge < -0.3 is 15.1 Å². The zero-order chi connectivity index (χ0) is 12.9. The normalized spacial score (nSPS) is 21.6. The number of amides is 1. The largest absolute Gasteiger partial charge is 0.507 e. The molecule has 0 atom stereocenters. The molecule has 2 fully saturated rings. The standard InChI is InChI=1S/C14H17NO3/c1-9-3-2-4-11(12(9)16)13(17)15-7-14(18,8-15)10-5-6-10/h2-4,10,16,18H,5-8H2,1H3. The molecule has 0 bridgehead atoms. The van der Waals surface area contributed by atoms with Gasteiger partial charge in [0.2, 0.25) is 0 Å². The van der Waals surface area contributed by atoms with E-state index in [4.69, 9.17) is 0 Å². The van der Waals surface area contributed by atoms with Crippen LogP contribution in [0.15, 0.2) is 18.2 Å². The molecule has 2 N–H and O–H groups in total. The maximum Gasteiger partial charge on any atom is 0.257 e. The SMILES string of the molecule is Cc1cccc(C(=O)N2CC(O)(C3CC3)C2)c1O. The van der Waals surface area contributed by atoms with Crippen molar-refractivity contribution in [1.82, 2.24) is 4.90 Å². The van der Waals surface area contributed by atoms with Gasteiger partial charge in [0.25, 0.3) is 5.91 Å². The highest BCUT2D eigenvalue weighted by Gasteiger charge is 2.53. The molecular weight excluding hydrogens is 230 g/mol. The van der Waals surface area contributed by atoms with E-state index in [2.05, 4.69) is 0 Å². The van der Waals surface area contributed by atoms with Gasteiger partial charge in [-0.15, -0.1) is 0 Å². The Morgan fingerprint density at radius 1 is 1.39 bits per heavy atom. The van der Waals surface area contributed by atoms with Gasteiger partial charge in [-0.25, -0.2) is 0 Å². The highest BCUT2D eigenvalue weighted by atomic mass is 16.3. The lowest BCUT2D eigenvalue weighted by atomic mass is 9.88. The number of phenolic OH excluding ortho intramolecular Hbond substituents is 1. The predicted octanol–water partition coefficient (Wildman–Crippen LogP) is 1.30. The van der Waals surface area contributed by atoms with E-state index in [1.165, 1.54) is 0 Å². The first-order chi connectivity index (χ1) is 8.51. The molecule has 4 heteroatoms. The van der Waals surface area contributed by atoms with Crippen molar-refractivity contribution in [3.8, 4) is 5.75 Å². The van der Waals surface area contributed by atoms with Crippen LogP contribution in [-0.4, -0.2) is 39.7 Å². The van der Waals surface area contributed by atoms with E-state index >= 15 is 0 Å². The molecular formula is C14H17NO3. The highest BCUT2D eigenvalue weighted by molar-refractivity contribution is 5.97. The maximum absolute atomic E-state index is 12.2. The Morgan fingerprint density at radius 3 is 2.67 bits per heavy atom. The molecule has 0 radical (unpaired) electrons. The van der Waals surface area contributed by atoms with Crippen LogP contribution in [0.2, 0.25) is 0 Å². The number of aryl methyl sites for hydroxylation is 1. The number of benzene rings is 1. The summed E-state index contributed by atoms with van der Waals surface area (Å²) in [6, 6.07) is 5.15. The third kappa shape index (κ3) is 1.68. The molecule has 1 aromatic rings. The lowest BCUT2D eigenvalue weighted by Gasteiger charge is -2.47. The predicted molar refractivity (Wildman–Crippen MR) is 66.4 cm³/mol. The van der Waals surface area contributed by atoms with Crippen molar-refractivity contribution >= 4 is 5.91 Å². The third-order valence-corrected chi connectivity index (χ3v) is 4.02. The lowest BCUT2D eigenvalue weighted by Crippen LogP contribution is -2.64. The van der Waals surface area contributed by atoms with Crippen LogP contribution in [0.1, 0.15) is 28.8 Å². The number of para-hydroxylation sites is 1. The quantitative estimate of drug-likeness (QED) is 0.828. The van der Waals surface area contributed by atoms with Crippen LogP contribution >= 0.6 is 0 Å². The fraction of sp³-hybridized carbons (Fsp3) is 0.500. The zero-order valence-corrected chi connectivity index (χ0v) is 10.4. The van der Waals surface area contributed by atoms with Gasteiger partial charge in [0.05, 0.1) is 18.7 Å². The number of carbonyl (C=O) groups excluding carboxylic acids is 1. The van der Waals surface area contributed by atoms with Gasteiger partial charge in [-0.2, -0.15) is 0 Å². The second-order valence-corrected chi connectivity index (χ2v) is 5.51. The highest BCUT2D eigenvalue weighted by Crippen LogP contribution is 2.45. The van der Waals surface area contributed by atoms with Crippen LogP contribution in [-0.2, 0) is 0 Å². The number of aromatic hydroxyl groups is 1. The Bertz CT molecular complexity index is 502. The van der Waals surface area contributed by atoms with E-state index in [1.807, 2.05) is 0 Å². The minimum atomic E-state index is -0.672. The number of aliphatic hydroxyl groups is 1. The summed E-state index contributed by atoms with van der Waals surface area (Å²) in [5.41, 5.74) is 0.349. The summed E-state index contributed by atoms with van der Waals surface area (Å²) < 4.78 is 0. The molecule has 4 nitrogen and oxygen atoms in total. The first kappa shape index (κ1) is 11.5. The molecule has 1 aliphatic carbocycles. The van der Waals surface area contributed by atoms with Gasteiger partial charge in [-0.3, -0.25) is 4.79 Å². The summed E-state index contributed by atoms with van der Waals surface area (Å²) in [5.74, 6) is 0.221. The Hall–Kier alpha value is -1.55. The summed E-state index contributed by atoms with van der Waals surface area (Å²) in [6.07, 6.45) is 2.13. The number of β-amino-alcohol motifs (C(OH)–C–C–N with tert-alkyl or cyclic N) is 1. The fourth-order valence-electron chi connectivity index (χ4n) is 2.64. The van der Waals surface area contributed by atoms with Gasteiger partial charge in [0.1, 0.15) is 11.4 Å². The number of hydrogen-bond donors (Lipinski definition) is 2. The van der Waals surface area contributed by atoms with Crippen molar-refractivity contribution in [2.24, 2.45) is 5.92 Å². The molecule has 1 aliphatic heterocycles. The van der Waals surface area contributed by atoms with E-state index in [0.717, 1.165) is 12.8 Å². The smallest absolute Gasteiger partial charge is 0.257 e. The van der Waals surface area contributed by atoms with Crippen LogP contribution in [0, 0.1) is 12.8 Å². The van der Waals surface area contributed by atoms with Crippen molar-refractivity contribution in [2.75, 3.05) is 13.1 Å². The van der Waals surface area contributed by atoms with Crippen LogP contribution in [0.5, 0.6) is 5.75 Å². The fourth-order valence-corrected chi connectivity index (χ4v) is 2.64. The summed E-state index contributed by atoms with van der Waals surface area (Å²) in [6.45, 7) is 2.55. The van der Waals surface area contributed by atoms with Crippen molar-refractivity contribution < 1.29 is 15.0 Å². The van der Waals surface area contributed by atoms with Crippen LogP contribution < -0.4 is 0 Å². The molecule has 96 valence electrons. The molecule has 2 aliphatic rings. The summed E-state index contributed by atoms with van der Waals surface area (Å²) in [7, 11) is 0. The minimum Gasteiger partial charge on any atom is -0.507 e. The molecule has 0 spiro atoms. The molecule has 0 aromatic heterocycles. The minimum absolute atomic E-state index is 0.0457. The van der Waals surface area contributed by atoms with E-state index in [1.54, 1.807) is 30.0 Å². The number of rotatable bonds is 2. The zero-order valence-electron chi connectivity index (χ0n) is 10.4. The van der Waals surface area contributed by atoms with Crippen molar-refractivity contribution in [1.29, 1.82) is 0 Å². The van der Waals surface area contributed by atoms with E-state index < -0.39 is 5.60 Å². The van der Waals surface area contributed by atoms with E-state index in [0.29, 0.717) is 30.1 Å². The topological polar surface area (TPSA) is 60.8 Å². The summed E-state index contributed by atoms with van der Waals surface area (Å²) >= 11 is 0. The average molecular weight is 247 g/mol. The van der Waals surface area contributed by atoms with Gasteiger partial charge in [-0.1, -0.05) is 12.1 Å². The van der Waals surface area contributed by atoms with Crippen LogP contribution in [0.4, 0.5) is 0 Å². The molecule has 18 heavy (non-hydrogen) atoms. The number of hydrogen-bond acceptors (Lipinski definition) is 3. The Labute approximate surface area is 106 Å². The molecule has 1 heterocycles. The number of nitrogens with zero attached hydrogens (tertiary/aromatic N) is 1. The van der Waals surface area contributed by atoms with Gasteiger partial charge in [0.15, 0.2) is 0 Å². The monoisotopic (exact) mass is 247 g/mol. The Kier molecular flexibility index (Phi) is 2.38. The maximum atomic E-state index is 12.2. The number of phenols is 1. The first-order valence-corrected chi connectivity index (χ1v) is 6.31. The second kappa shape index (κ2) is 3.72. The third-order valence-electron chi connectivity index (χ3n) is 4.02. The number of likely N-dealkylation sites (tertiary alicyclic amines) is 1. The second-order valence-electron chi connectivity index (χ2n) is 5.51. The molecule has 0 unspecified atom stereocenters. The van der Waals surface area contributed by atoms with Gasteiger partial charge in [0, 0.05) is 0 Å². The molecule has 1 saturated heterocycles. The van der Waals surface area contributed by atoms with Crippen molar-refractivity contribution in [3.63, 3.8) is 0 Å². The van der Waals surface area contributed by atoms with Crippen LogP contribution in [0.25, 0.3) is 0 Å². The van der Waals surface area contributed by atoms with E-state index in [9.17, 15) is 15.0 Å². The molecule has 1 saturated carbocycles. The Morgan fingerprint density at radius 2 is 2.06 bits per heavy atom. The van der Waals surface area contributed by atoms with Gasteiger partial charge >= 0.3 is 0 Å². The molecule has 3 rings (SSSR count). The number of carbonyl (C=O) groups is 1. The Balaban J connectivity index is 1.74. The van der Waals surface area contributed by atoms with E-state index in [-0.39, 0.29) is 11.7 Å². The van der Waals surface area contributed by atoms with Crippen molar-refractivity contribution in [3.05, 3.63) is 29.3 Å². The van der Waals surface area contributed by atoms with Gasteiger partial charge in [-0.05, 0) is 37.3 Å². The molecule has 1 aromatic carbocycles. The average Bonchev–Trinajstić information content (AvgIpc) is 3.12. The molecule has 1 amide bonds. The van der Waals surface area contributed by atoms with Crippen LogP contribution in [0.3, 0.4) is 0 Å².